The van der Waals surface area contributed by atoms with Crippen molar-refractivity contribution in [3.63, 3.8) is 0 Å². The smallest absolute Gasteiger partial charge is 0.0951 e. The molecular formula is C17H22N4. The molecule has 0 amide bonds. The second kappa shape index (κ2) is 6.57. The lowest BCUT2D eigenvalue weighted by Gasteiger charge is -2.19. The molecule has 1 unspecified atom stereocenters. The topological polar surface area (TPSA) is 46.5 Å². The van der Waals surface area contributed by atoms with Crippen molar-refractivity contribution in [2.45, 2.75) is 45.1 Å². The van der Waals surface area contributed by atoms with Gasteiger partial charge in [0, 0.05) is 12.4 Å². The summed E-state index contributed by atoms with van der Waals surface area (Å²) >= 11 is 0. The van der Waals surface area contributed by atoms with Gasteiger partial charge in [-0.05, 0) is 24.1 Å². The number of aromatic amines is 1. The van der Waals surface area contributed by atoms with Gasteiger partial charge in [-0.1, -0.05) is 38.7 Å². The van der Waals surface area contributed by atoms with Gasteiger partial charge in [-0.3, -0.25) is 0 Å². The Balaban J connectivity index is 1.83. The second-order valence-electron chi connectivity index (χ2n) is 5.55. The maximum atomic E-state index is 4.29. The normalized spacial score (nSPS) is 12.8. The monoisotopic (exact) mass is 282 g/mol. The summed E-state index contributed by atoms with van der Waals surface area (Å²) in [6.45, 7) is 2.25. The lowest BCUT2D eigenvalue weighted by molar-refractivity contribution is 0.499. The zero-order chi connectivity index (χ0) is 14.5. The number of nitrogens with one attached hydrogen (secondary N) is 1. The van der Waals surface area contributed by atoms with E-state index in [-0.39, 0.29) is 0 Å². The number of fused-ring (bicyclic) bond motifs is 1. The highest BCUT2D eigenvalue weighted by Crippen LogP contribution is 2.26. The standard InChI is InChI=1S/C17H22N4/c1-2-3-4-5-6-17(21-10-9-18-13-21)14-7-8-15-16(11-14)20-12-19-15/h7-13,17H,2-6H2,1H3,(H,19,20). The van der Waals surface area contributed by atoms with E-state index >= 15 is 0 Å². The highest BCUT2D eigenvalue weighted by molar-refractivity contribution is 5.75. The lowest BCUT2D eigenvalue weighted by Crippen LogP contribution is -2.09. The molecule has 0 aliphatic carbocycles. The molecule has 0 saturated carbocycles. The molecule has 4 heteroatoms. The number of H-pyrrole nitrogens is 1. The molecule has 0 saturated heterocycles. The molecule has 0 bridgehead atoms. The number of imidazole rings is 2. The molecule has 2 aromatic heterocycles. The van der Waals surface area contributed by atoms with Crippen LogP contribution in [0.4, 0.5) is 0 Å². The van der Waals surface area contributed by atoms with Crippen molar-refractivity contribution in [1.29, 1.82) is 0 Å². The number of hydrogen-bond acceptors (Lipinski definition) is 2. The molecule has 3 rings (SSSR count). The van der Waals surface area contributed by atoms with Crippen LogP contribution >= 0.6 is 0 Å². The van der Waals surface area contributed by atoms with Crippen LogP contribution in [0.3, 0.4) is 0 Å². The van der Waals surface area contributed by atoms with E-state index in [0.717, 1.165) is 17.5 Å². The fourth-order valence-electron chi connectivity index (χ4n) is 2.87. The van der Waals surface area contributed by atoms with Crippen LogP contribution in [-0.2, 0) is 0 Å². The van der Waals surface area contributed by atoms with Crippen LogP contribution in [0.15, 0.2) is 43.2 Å². The first-order valence-electron chi connectivity index (χ1n) is 7.79. The third-order valence-corrected chi connectivity index (χ3v) is 4.04. The fourth-order valence-corrected chi connectivity index (χ4v) is 2.87. The van der Waals surface area contributed by atoms with E-state index in [1.54, 1.807) is 6.33 Å². The van der Waals surface area contributed by atoms with Crippen molar-refractivity contribution in [2.24, 2.45) is 0 Å². The molecular weight excluding hydrogens is 260 g/mol. The Morgan fingerprint density at radius 3 is 3.00 bits per heavy atom. The molecule has 0 radical (unpaired) electrons. The van der Waals surface area contributed by atoms with Gasteiger partial charge in [0.1, 0.15) is 0 Å². The van der Waals surface area contributed by atoms with Gasteiger partial charge in [-0.2, -0.15) is 0 Å². The van der Waals surface area contributed by atoms with Gasteiger partial charge in [0.15, 0.2) is 0 Å². The molecule has 0 aliphatic heterocycles. The van der Waals surface area contributed by atoms with Gasteiger partial charge in [-0.25, -0.2) is 9.97 Å². The first kappa shape index (κ1) is 13.9. The Labute approximate surface area is 125 Å². The average Bonchev–Trinajstić information content (AvgIpc) is 3.18. The summed E-state index contributed by atoms with van der Waals surface area (Å²) in [4.78, 5) is 11.7. The molecule has 2 heterocycles. The number of nitrogens with zero attached hydrogens (tertiary/aromatic N) is 3. The molecule has 21 heavy (non-hydrogen) atoms. The maximum absolute atomic E-state index is 4.29. The van der Waals surface area contributed by atoms with E-state index in [4.69, 9.17) is 0 Å². The van der Waals surface area contributed by atoms with E-state index < -0.39 is 0 Å². The average molecular weight is 282 g/mol. The summed E-state index contributed by atoms with van der Waals surface area (Å²) in [5, 5.41) is 0. The van der Waals surface area contributed by atoms with Gasteiger partial charge >= 0.3 is 0 Å². The van der Waals surface area contributed by atoms with Crippen LogP contribution in [0.2, 0.25) is 0 Å². The Kier molecular flexibility index (Phi) is 4.34. The number of rotatable bonds is 7. The molecule has 0 fully saturated rings. The number of unbranched alkanes of at least 4 members (excludes halogenated alkanes) is 3. The van der Waals surface area contributed by atoms with E-state index in [9.17, 15) is 0 Å². The minimum atomic E-state index is 0.358. The lowest BCUT2D eigenvalue weighted by atomic mass is 9.99. The van der Waals surface area contributed by atoms with Gasteiger partial charge in [-0.15, -0.1) is 0 Å². The summed E-state index contributed by atoms with van der Waals surface area (Å²) in [6, 6.07) is 6.86. The van der Waals surface area contributed by atoms with Crippen molar-refractivity contribution >= 4 is 11.0 Å². The molecule has 3 aromatic rings. The Bertz CT molecular complexity index is 669. The molecule has 0 spiro atoms. The van der Waals surface area contributed by atoms with Crippen LogP contribution < -0.4 is 0 Å². The van der Waals surface area contributed by atoms with Crippen molar-refractivity contribution in [3.05, 3.63) is 48.8 Å². The molecule has 0 aliphatic rings. The summed E-state index contributed by atoms with van der Waals surface area (Å²) in [5.74, 6) is 0. The predicted molar refractivity (Wildman–Crippen MR) is 85.2 cm³/mol. The number of benzene rings is 1. The minimum absolute atomic E-state index is 0.358. The predicted octanol–water partition coefficient (Wildman–Crippen LogP) is 4.32. The number of aromatic nitrogens is 4. The summed E-state index contributed by atoms with van der Waals surface area (Å²) in [6.07, 6.45) is 13.9. The molecule has 110 valence electrons. The Hall–Kier alpha value is -2.10. The third kappa shape index (κ3) is 3.15. The highest BCUT2D eigenvalue weighted by atomic mass is 15.0. The third-order valence-electron chi connectivity index (χ3n) is 4.04. The van der Waals surface area contributed by atoms with Crippen LogP contribution in [0, 0.1) is 0 Å². The minimum Gasteiger partial charge on any atom is -0.345 e. The van der Waals surface area contributed by atoms with Crippen molar-refractivity contribution in [2.75, 3.05) is 0 Å². The van der Waals surface area contributed by atoms with Gasteiger partial charge in [0.2, 0.25) is 0 Å². The molecule has 1 atom stereocenters. The van der Waals surface area contributed by atoms with E-state index in [1.807, 2.05) is 12.5 Å². The van der Waals surface area contributed by atoms with E-state index in [1.165, 1.54) is 31.2 Å². The maximum Gasteiger partial charge on any atom is 0.0951 e. The number of hydrogen-bond donors (Lipinski definition) is 1. The van der Waals surface area contributed by atoms with Gasteiger partial charge in [0.25, 0.3) is 0 Å². The van der Waals surface area contributed by atoms with Crippen molar-refractivity contribution in [1.82, 2.24) is 19.5 Å². The first-order chi connectivity index (χ1) is 10.4. The zero-order valence-electron chi connectivity index (χ0n) is 12.5. The Morgan fingerprint density at radius 2 is 2.19 bits per heavy atom. The van der Waals surface area contributed by atoms with Crippen molar-refractivity contribution < 1.29 is 0 Å². The largest absolute Gasteiger partial charge is 0.345 e. The summed E-state index contributed by atoms with van der Waals surface area (Å²) in [7, 11) is 0. The first-order valence-corrected chi connectivity index (χ1v) is 7.79. The van der Waals surface area contributed by atoms with Crippen molar-refractivity contribution in [3.8, 4) is 0 Å². The highest BCUT2D eigenvalue weighted by Gasteiger charge is 2.14. The van der Waals surface area contributed by atoms with E-state index in [0.29, 0.717) is 6.04 Å². The summed E-state index contributed by atoms with van der Waals surface area (Å²) < 4.78 is 2.21. The molecule has 4 nitrogen and oxygen atoms in total. The van der Waals surface area contributed by atoms with Crippen LogP contribution in [0.1, 0.15) is 50.6 Å². The molecule has 1 aromatic carbocycles. The SMILES string of the molecule is CCCCCCC(c1ccc2nc[nH]c2c1)n1ccnc1. The Morgan fingerprint density at radius 1 is 1.24 bits per heavy atom. The quantitative estimate of drug-likeness (QED) is 0.656. The molecule has 1 N–H and O–H groups in total. The van der Waals surface area contributed by atoms with Crippen LogP contribution in [0.25, 0.3) is 11.0 Å². The summed E-state index contributed by atoms with van der Waals surface area (Å²) in [5.41, 5.74) is 3.45. The van der Waals surface area contributed by atoms with Gasteiger partial charge < -0.3 is 9.55 Å². The van der Waals surface area contributed by atoms with Crippen LogP contribution in [-0.4, -0.2) is 19.5 Å². The van der Waals surface area contributed by atoms with E-state index in [2.05, 4.69) is 50.8 Å². The fraction of sp³-hybridized carbons (Fsp3) is 0.412. The second-order valence-corrected chi connectivity index (χ2v) is 5.55. The van der Waals surface area contributed by atoms with Gasteiger partial charge in [0.05, 0.1) is 29.7 Å². The zero-order valence-corrected chi connectivity index (χ0v) is 12.5. The van der Waals surface area contributed by atoms with Crippen LogP contribution in [0.5, 0.6) is 0 Å².